The van der Waals surface area contributed by atoms with Crippen molar-refractivity contribution >= 4 is 5.91 Å². The van der Waals surface area contributed by atoms with Crippen LogP contribution < -0.4 is 11.1 Å². The molecule has 1 unspecified atom stereocenters. The van der Waals surface area contributed by atoms with Gasteiger partial charge in [-0.05, 0) is 41.2 Å². The maximum Gasteiger partial charge on any atom is 0.248 e. The zero-order chi connectivity index (χ0) is 16.8. The smallest absolute Gasteiger partial charge is 0.248 e. The lowest BCUT2D eigenvalue weighted by atomic mass is 9.94. The first kappa shape index (κ1) is 17.2. The zero-order valence-electron chi connectivity index (χ0n) is 14.2. The van der Waals surface area contributed by atoms with Crippen molar-refractivity contribution in [3.8, 4) is 0 Å². The Bertz CT molecular complexity index is 630. The molecule has 0 spiro atoms. The molecular weight excluding hydrogens is 284 g/mol. The van der Waals surface area contributed by atoms with Gasteiger partial charge in [-0.1, -0.05) is 57.2 Å². The molecule has 0 radical (unpaired) electrons. The maximum atomic E-state index is 11.1. The quantitative estimate of drug-likeness (QED) is 0.816. The van der Waals surface area contributed by atoms with Crippen molar-refractivity contribution < 1.29 is 4.79 Å². The highest BCUT2D eigenvalue weighted by Gasteiger charge is 2.15. The van der Waals surface area contributed by atoms with Gasteiger partial charge in [-0.15, -0.1) is 0 Å². The molecule has 3 heteroatoms. The molecule has 2 rings (SSSR count). The Hall–Kier alpha value is -2.13. The number of benzene rings is 2. The minimum absolute atomic E-state index is 0.303. The van der Waals surface area contributed by atoms with E-state index < -0.39 is 0 Å². The van der Waals surface area contributed by atoms with Crippen molar-refractivity contribution in [3.05, 3.63) is 70.8 Å². The van der Waals surface area contributed by atoms with E-state index in [-0.39, 0.29) is 5.91 Å². The number of carbonyl (C=O) groups excluding carboxylic acids is 1. The van der Waals surface area contributed by atoms with Crippen LogP contribution in [0.1, 0.15) is 53.9 Å². The number of hydrogen-bond acceptors (Lipinski definition) is 2. The van der Waals surface area contributed by atoms with Gasteiger partial charge in [-0.25, -0.2) is 0 Å². The predicted octanol–water partition coefficient (Wildman–Crippen LogP) is 3.83. The fraction of sp³-hybridized carbons (Fsp3) is 0.350. The molecule has 2 aromatic carbocycles. The average molecular weight is 310 g/mol. The summed E-state index contributed by atoms with van der Waals surface area (Å²) in [4.78, 5) is 11.1. The van der Waals surface area contributed by atoms with Crippen LogP contribution in [0.3, 0.4) is 0 Å². The predicted molar refractivity (Wildman–Crippen MR) is 95.2 cm³/mol. The van der Waals surface area contributed by atoms with E-state index in [1.165, 1.54) is 11.1 Å². The number of amides is 1. The minimum atomic E-state index is -0.388. The molecule has 3 nitrogen and oxygen atoms in total. The second-order valence-corrected chi connectivity index (χ2v) is 6.26. The Morgan fingerprint density at radius 2 is 1.57 bits per heavy atom. The highest BCUT2D eigenvalue weighted by atomic mass is 16.1. The van der Waals surface area contributed by atoms with Gasteiger partial charge in [-0.2, -0.15) is 0 Å². The van der Waals surface area contributed by atoms with E-state index in [4.69, 9.17) is 5.73 Å². The van der Waals surface area contributed by atoms with E-state index >= 15 is 0 Å². The third-order valence-electron chi connectivity index (χ3n) is 4.18. The van der Waals surface area contributed by atoms with Crippen molar-refractivity contribution in [2.75, 3.05) is 0 Å². The van der Waals surface area contributed by atoms with Gasteiger partial charge in [0, 0.05) is 18.2 Å². The average Bonchev–Trinajstić information content (AvgIpc) is 2.55. The number of nitrogens with two attached hydrogens (primary N) is 1. The second kappa shape index (κ2) is 7.93. The van der Waals surface area contributed by atoms with E-state index in [9.17, 15) is 4.79 Å². The molecule has 0 fully saturated rings. The van der Waals surface area contributed by atoms with Gasteiger partial charge in [0.2, 0.25) is 5.91 Å². The second-order valence-electron chi connectivity index (χ2n) is 6.26. The van der Waals surface area contributed by atoms with E-state index in [0.29, 0.717) is 17.5 Å². The van der Waals surface area contributed by atoms with Crippen LogP contribution in [0.2, 0.25) is 0 Å². The van der Waals surface area contributed by atoms with Crippen molar-refractivity contribution in [3.63, 3.8) is 0 Å². The lowest BCUT2D eigenvalue weighted by Gasteiger charge is -2.23. The van der Waals surface area contributed by atoms with Crippen LogP contribution in [0.15, 0.2) is 48.5 Å². The van der Waals surface area contributed by atoms with Gasteiger partial charge in [0.1, 0.15) is 0 Å². The van der Waals surface area contributed by atoms with Crippen LogP contribution in [0.5, 0.6) is 0 Å². The first-order valence-corrected chi connectivity index (χ1v) is 8.22. The molecular formula is C20H26N2O. The fourth-order valence-corrected chi connectivity index (χ4v) is 2.71. The Labute approximate surface area is 138 Å². The Morgan fingerprint density at radius 1 is 1.00 bits per heavy atom. The molecule has 0 aromatic heterocycles. The molecule has 0 aliphatic heterocycles. The third-order valence-corrected chi connectivity index (χ3v) is 4.18. The van der Waals surface area contributed by atoms with Gasteiger partial charge in [0.15, 0.2) is 0 Å². The number of carbonyl (C=O) groups is 1. The normalized spacial score (nSPS) is 12.3. The number of primary amides is 1. The van der Waals surface area contributed by atoms with Gasteiger partial charge >= 0.3 is 0 Å². The molecule has 0 saturated heterocycles. The van der Waals surface area contributed by atoms with Crippen molar-refractivity contribution in [1.29, 1.82) is 0 Å². The van der Waals surface area contributed by atoms with E-state index in [1.54, 1.807) is 12.1 Å². The van der Waals surface area contributed by atoms with Gasteiger partial charge in [0.25, 0.3) is 0 Å². The molecule has 0 aliphatic carbocycles. The van der Waals surface area contributed by atoms with E-state index in [0.717, 1.165) is 18.5 Å². The molecule has 0 bridgehead atoms. The van der Waals surface area contributed by atoms with Crippen molar-refractivity contribution in [2.45, 2.75) is 39.8 Å². The van der Waals surface area contributed by atoms with Crippen molar-refractivity contribution in [2.24, 2.45) is 11.7 Å². The summed E-state index contributed by atoms with van der Waals surface area (Å²) >= 11 is 0. The minimum Gasteiger partial charge on any atom is -0.366 e. The summed E-state index contributed by atoms with van der Waals surface area (Å²) in [6.45, 7) is 7.38. The monoisotopic (exact) mass is 310 g/mol. The third kappa shape index (κ3) is 4.67. The zero-order valence-corrected chi connectivity index (χ0v) is 14.2. The van der Waals surface area contributed by atoms with E-state index in [1.807, 2.05) is 12.1 Å². The number of aryl methyl sites for hydroxylation is 1. The first-order valence-electron chi connectivity index (χ1n) is 8.22. The first-order chi connectivity index (χ1) is 11.0. The standard InChI is InChI=1S/C20H26N2O/c1-4-15-5-9-17(10-6-15)19(14(2)3)22-13-16-7-11-18(12-8-16)20(21)23/h5-12,14,19,22H,4,13H2,1-3H3,(H2,21,23). The number of hydrogen-bond donors (Lipinski definition) is 2. The SMILES string of the molecule is CCc1ccc(C(NCc2ccc(C(N)=O)cc2)C(C)C)cc1. The fourth-order valence-electron chi connectivity index (χ4n) is 2.71. The maximum absolute atomic E-state index is 11.1. The van der Waals surface area contributed by atoms with Gasteiger partial charge < -0.3 is 11.1 Å². The summed E-state index contributed by atoms with van der Waals surface area (Å²) in [6, 6.07) is 16.6. The van der Waals surface area contributed by atoms with Gasteiger partial charge in [0.05, 0.1) is 0 Å². The largest absolute Gasteiger partial charge is 0.366 e. The molecule has 0 heterocycles. The summed E-state index contributed by atoms with van der Waals surface area (Å²) < 4.78 is 0. The molecule has 1 atom stereocenters. The highest BCUT2D eigenvalue weighted by molar-refractivity contribution is 5.92. The summed E-state index contributed by atoms with van der Waals surface area (Å²) in [5.41, 5.74) is 9.63. The summed E-state index contributed by atoms with van der Waals surface area (Å²) in [6.07, 6.45) is 1.06. The number of rotatable bonds is 7. The van der Waals surface area contributed by atoms with Crippen LogP contribution in [-0.2, 0) is 13.0 Å². The Morgan fingerprint density at radius 3 is 2.04 bits per heavy atom. The molecule has 2 aromatic rings. The Kier molecular flexibility index (Phi) is 5.94. The topological polar surface area (TPSA) is 55.1 Å². The van der Waals surface area contributed by atoms with Crippen LogP contribution in [0.25, 0.3) is 0 Å². The van der Waals surface area contributed by atoms with Crippen LogP contribution in [0, 0.1) is 5.92 Å². The van der Waals surface area contributed by atoms with Crippen LogP contribution in [-0.4, -0.2) is 5.91 Å². The lowest BCUT2D eigenvalue weighted by molar-refractivity contribution is 0.100. The molecule has 0 aliphatic rings. The molecule has 23 heavy (non-hydrogen) atoms. The molecule has 1 amide bonds. The molecule has 0 saturated carbocycles. The molecule has 3 N–H and O–H groups in total. The van der Waals surface area contributed by atoms with Crippen LogP contribution >= 0.6 is 0 Å². The summed E-state index contributed by atoms with van der Waals surface area (Å²) in [5.74, 6) is 0.105. The summed E-state index contributed by atoms with van der Waals surface area (Å²) in [7, 11) is 0. The summed E-state index contributed by atoms with van der Waals surface area (Å²) in [5, 5.41) is 3.62. The van der Waals surface area contributed by atoms with Crippen molar-refractivity contribution in [1.82, 2.24) is 5.32 Å². The van der Waals surface area contributed by atoms with E-state index in [2.05, 4.69) is 50.4 Å². The molecule has 122 valence electrons. The van der Waals surface area contributed by atoms with Gasteiger partial charge in [-0.3, -0.25) is 4.79 Å². The Balaban J connectivity index is 2.05. The van der Waals surface area contributed by atoms with Crippen LogP contribution in [0.4, 0.5) is 0 Å². The number of nitrogens with one attached hydrogen (secondary N) is 1. The highest BCUT2D eigenvalue weighted by Crippen LogP contribution is 2.23. The lowest BCUT2D eigenvalue weighted by Crippen LogP contribution is -2.25.